The fraction of sp³-hybridized carbons (Fsp3) is 0.529. The van der Waals surface area contributed by atoms with Crippen molar-refractivity contribution in [1.29, 1.82) is 0 Å². The fourth-order valence-corrected chi connectivity index (χ4v) is 5.09. The number of ether oxygens (including phenoxy) is 3. The lowest BCUT2D eigenvalue weighted by Gasteiger charge is -2.29. The Labute approximate surface area is 286 Å². The van der Waals surface area contributed by atoms with Gasteiger partial charge in [-0.15, -0.1) is 0 Å². The number of hydrogen-bond donors (Lipinski definition) is 4. The van der Waals surface area contributed by atoms with E-state index in [1.807, 2.05) is 6.92 Å². The Morgan fingerprint density at radius 1 is 0.918 bits per heavy atom. The van der Waals surface area contributed by atoms with Crippen LogP contribution in [0.4, 0.5) is 0 Å². The number of hydrogen-bond acceptors (Lipinski definition) is 11. The first kappa shape index (κ1) is 40.3. The third-order valence-corrected chi connectivity index (χ3v) is 7.49. The van der Waals surface area contributed by atoms with Gasteiger partial charge < -0.3 is 34.6 Å². The fourth-order valence-electron chi connectivity index (χ4n) is 5.09. The topological polar surface area (TPSA) is 203 Å². The first-order valence-corrected chi connectivity index (χ1v) is 16.5. The molecule has 0 saturated heterocycles. The molecule has 4 amide bonds. The van der Waals surface area contributed by atoms with E-state index in [0.29, 0.717) is 23.5 Å². The second-order valence-electron chi connectivity index (χ2n) is 10.9. The van der Waals surface area contributed by atoms with Gasteiger partial charge in [-0.3, -0.25) is 29.2 Å². The highest BCUT2D eigenvalue weighted by molar-refractivity contribution is 6.00. The van der Waals surface area contributed by atoms with Gasteiger partial charge in [0.2, 0.25) is 12.3 Å². The Balaban J connectivity index is 2.15. The highest BCUT2D eigenvalue weighted by atomic mass is 16.5. The Kier molecular flexibility index (Phi) is 17.4. The van der Waals surface area contributed by atoms with Crippen LogP contribution in [0.3, 0.4) is 0 Å². The molecule has 2 rings (SSSR count). The lowest BCUT2D eigenvalue weighted by atomic mass is 9.90. The van der Waals surface area contributed by atoms with E-state index >= 15 is 0 Å². The summed E-state index contributed by atoms with van der Waals surface area (Å²) < 4.78 is 21.4. The Hall–Kier alpha value is -4.92. The zero-order chi connectivity index (χ0) is 36.3. The minimum absolute atomic E-state index is 0.0475. The van der Waals surface area contributed by atoms with E-state index in [4.69, 9.17) is 18.6 Å². The molecule has 0 radical (unpaired) electrons. The first-order chi connectivity index (χ1) is 23.5. The Morgan fingerprint density at radius 3 is 2.29 bits per heavy atom. The zero-order valence-corrected chi connectivity index (χ0v) is 28.7. The van der Waals surface area contributed by atoms with E-state index < -0.39 is 54.1 Å². The van der Waals surface area contributed by atoms with Gasteiger partial charge in [0.25, 0.3) is 11.8 Å². The molecule has 0 aliphatic heterocycles. The van der Waals surface area contributed by atoms with Crippen molar-refractivity contribution in [2.24, 2.45) is 5.92 Å². The summed E-state index contributed by atoms with van der Waals surface area (Å²) in [6.07, 6.45) is 3.25. The molecule has 1 aromatic carbocycles. The molecule has 270 valence electrons. The number of rotatable bonds is 22. The minimum Gasteiger partial charge on any atom is -0.493 e. The van der Waals surface area contributed by atoms with Gasteiger partial charge in [0.05, 0.1) is 50.4 Å². The molecule has 0 aliphatic carbocycles. The minimum atomic E-state index is -1.28. The van der Waals surface area contributed by atoms with E-state index in [9.17, 15) is 34.0 Å². The number of hydroxylamine groups is 2. The third kappa shape index (κ3) is 12.2. The number of unbranched alkanes of at least 4 members (excludes halogenated alkanes) is 2. The van der Waals surface area contributed by atoms with Crippen molar-refractivity contribution in [3.8, 4) is 17.1 Å². The summed E-state index contributed by atoms with van der Waals surface area (Å²) >= 11 is 0. The highest BCUT2D eigenvalue weighted by Crippen LogP contribution is 2.29. The SMILES string of the molecule is CCCCCC(C(=O)NCNC(=O)c1ccc(-c2ccc(C(=O)NC(CC(=O)OCC)C(=O)OCC)c(OCC)c2)o1)C(CC)N(O)C=O. The number of esters is 2. The van der Waals surface area contributed by atoms with Crippen LogP contribution < -0.4 is 20.7 Å². The summed E-state index contributed by atoms with van der Waals surface area (Å²) in [5.41, 5.74) is 0.560. The van der Waals surface area contributed by atoms with Gasteiger partial charge in [0, 0.05) is 5.56 Å². The second kappa shape index (κ2) is 21.1. The third-order valence-electron chi connectivity index (χ3n) is 7.49. The lowest BCUT2D eigenvalue weighted by Crippen LogP contribution is -2.47. The van der Waals surface area contributed by atoms with Crippen LogP contribution in [-0.4, -0.2) is 84.9 Å². The van der Waals surface area contributed by atoms with Gasteiger partial charge in [-0.2, -0.15) is 0 Å². The number of carbonyl (C=O) groups is 6. The number of furan rings is 1. The maximum atomic E-state index is 13.2. The van der Waals surface area contributed by atoms with Crippen LogP contribution >= 0.6 is 0 Å². The van der Waals surface area contributed by atoms with E-state index in [1.54, 1.807) is 39.8 Å². The zero-order valence-electron chi connectivity index (χ0n) is 28.7. The molecule has 1 heterocycles. The molecule has 2 aromatic rings. The van der Waals surface area contributed by atoms with Crippen LogP contribution in [0.25, 0.3) is 11.3 Å². The van der Waals surface area contributed by atoms with E-state index in [2.05, 4.69) is 16.0 Å². The van der Waals surface area contributed by atoms with E-state index in [0.717, 1.165) is 19.3 Å². The highest BCUT2D eigenvalue weighted by Gasteiger charge is 2.31. The van der Waals surface area contributed by atoms with Crippen LogP contribution in [0, 0.1) is 5.92 Å². The summed E-state index contributed by atoms with van der Waals surface area (Å²) in [4.78, 5) is 74.7. The summed E-state index contributed by atoms with van der Waals surface area (Å²) in [5.74, 6) is -3.43. The maximum absolute atomic E-state index is 13.2. The van der Waals surface area contributed by atoms with Crippen molar-refractivity contribution in [2.45, 2.75) is 85.2 Å². The van der Waals surface area contributed by atoms with Crippen molar-refractivity contribution in [2.75, 3.05) is 26.5 Å². The van der Waals surface area contributed by atoms with Crippen LogP contribution in [0.1, 0.15) is 94.1 Å². The summed E-state index contributed by atoms with van der Waals surface area (Å²) in [7, 11) is 0. The average molecular weight is 689 g/mol. The van der Waals surface area contributed by atoms with Crippen LogP contribution in [-0.2, 0) is 28.7 Å². The van der Waals surface area contributed by atoms with Crippen LogP contribution in [0.5, 0.6) is 5.75 Å². The van der Waals surface area contributed by atoms with Gasteiger partial charge in [-0.05, 0) is 57.9 Å². The van der Waals surface area contributed by atoms with Crippen molar-refractivity contribution >= 4 is 36.1 Å². The van der Waals surface area contributed by atoms with Gasteiger partial charge in [0.1, 0.15) is 17.6 Å². The maximum Gasteiger partial charge on any atom is 0.329 e. The normalized spacial score (nSPS) is 12.5. The smallest absolute Gasteiger partial charge is 0.329 e. The molecule has 0 fully saturated rings. The predicted octanol–water partition coefficient (Wildman–Crippen LogP) is 3.59. The monoisotopic (exact) mass is 688 g/mol. The number of nitrogens with zero attached hydrogens (tertiary/aromatic N) is 1. The Bertz CT molecular complexity index is 1410. The molecular formula is C34H48N4O11. The summed E-state index contributed by atoms with van der Waals surface area (Å²) in [6, 6.07) is 5.57. The quantitative estimate of drug-likeness (QED) is 0.0352. The van der Waals surface area contributed by atoms with E-state index in [1.165, 1.54) is 18.2 Å². The molecule has 0 bridgehead atoms. The average Bonchev–Trinajstić information content (AvgIpc) is 3.58. The molecule has 4 N–H and O–H groups in total. The standard InChI is InChI=1S/C34H48N4O11/c1-6-11-12-13-23(26(7-2)38(45)21-39)31(41)35-20-36-33(43)28-17-16-27(49-28)22-14-15-24(29(18-22)46-8-3)32(42)37-25(34(44)48-10-5)19-30(40)47-9-4/h14-18,21,23,25-26,45H,6-13,19-20H2,1-5H3,(H,35,41)(H,36,43)(H,37,42). The second-order valence-corrected chi connectivity index (χ2v) is 10.9. The predicted molar refractivity (Wildman–Crippen MR) is 176 cm³/mol. The number of amides is 4. The molecule has 15 heteroatoms. The number of nitrogens with one attached hydrogen (secondary N) is 3. The van der Waals surface area contributed by atoms with Gasteiger partial charge in [-0.25, -0.2) is 9.86 Å². The van der Waals surface area contributed by atoms with Crippen molar-refractivity contribution in [3.05, 3.63) is 41.7 Å². The van der Waals surface area contributed by atoms with Crippen molar-refractivity contribution in [1.82, 2.24) is 21.0 Å². The molecular weight excluding hydrogens is 640 g/mol. The van der Waals surface area contributed by atoms with Crippen molar-refractivity contribution in [3.63, 3.8) is 0 Å². The summed E-state index contributed by atoms with van der Waals surface area (Å²) in [5, 5.41) is 18.3. The first-order valence-electron chi connectivity index (χ1n) is 16.5. The molecule has 1 aromatic heterocycles. The number of benzene rings is 1. The lowest BCUT2D eigenvalue weighted by molar-refractivity contribution is -0.168. The van der Waals surface area contributed by atoms with E-state index in [-0.39, 0.29) is 55.7 Å². The van der Waals surface area contributed by atoms with Crippen LogP contribution in [0.2, 0.25) is 0 Å². The van der Waals surface area contributed by atoms with Gasteiger partial charge >= 0.3 is 11.9 Å². The molecule has 15 nitrogen and oxygen atoms in total. The Morgan fingerprint density at radius 2 is 1.65 bits per heavy atom. The molecule has 0 spiro atoms. The molecule has 49 heavy (non-hydrogen) atoms. The van der Waals surface area contributed by atoms with Gasteiger partial charge in [-0.1, -0.05) is 39.2 Å². The molecule has 0 saturated carbocycles. The molecule has 3 unspecified atom stereocenters. The largest absolute Gasteiger partial charge is 0.493 e. The van der Waals surface area contributed by atoms with Gasteiger partial charge in [0.15, 0.2) is 5.76 Å². The number of carbonyl (C=O) groups excluding carboxylic acids is 6. The summed E-state index contributed by atoms with van der Waals surface area (Å²) in [6.45, 7) is 8.89. The van der Waals surface area contributed by atoms with Crippen molar-refractivity contribution < 1.29 is 52.6 Å². The molecule has 0 aliphatic rings. The van der Waals surface area contributed by atoms with Crippen LogP contribution in [0.15, 0.2) is 34.7 Å². The molecule has 3 atom stereocenters.